The second kappa shape index (κ2) is 5.97. The van der Waals surface area contributed by atoms with E-state index in [4.69, 9.17) is 9.15 Å². The average Bonchev–Trinajstić information content (AvgIpc) is 3.33. The summed E-state index contributed by atoms with van der Waals surface area (Å²) in [5, 5.41) is 0. The lowest BCUT2D eigenvalue weighted by Crippen LogP contribution is -2.61. The minimum absolute atomic E-state index is 0.191. The first kappa shape index (κ1) is 16.6. The number of ether oxygens (including phenoxy) is 1. The number of hydrogen-bond donors (Lipinski definition) is 0. The van der Waals surface area contributed by atoms with E-state index in [9.17, 15) is 14.4 Å². The summed E-state index contributed by atoms with van der Waals surface area (Å²) in [6, 6.07) is -0.191. The summed E-state index contributed by atoms with van der Waals surface area (Å²) in [4.78, 5) is 46.5. The molecule has 1 atom stereocenters. The van der Waals surface area contributed by atoms with Gasteiger partial charge in [0.1, 0.15) is 5.60 Å². The maximum absolute atomic E-state index is 12.6. The van der Waals surface area contributed by atoms with Crippen LogP contribution in [0.15, 0.2) is 17.0 Å². The topological polar surface area (TPSA) is 96.2 Å². The Balaban J connectivity index is 1.31. The van der Waals surface area contributed by atoms with Crippen molar-refractivity contribution in [1.29, 1.82) is 0 Å². The van der Waals surface area contributed by atoms with Crippen LogP contribution in [0.1, 0.15) is 36.2 Å². The monoisotopic (exact) mass is 374 g/mol. The van der Waals surface area contributed by atoms with Gasteiger partial charge >= 0.3 is 6.09 Å². The van der Waals surface area contributed by atoms with Gasteiger partial charge in [0.05, 0.1) is 12.2 Å². The lowest BCUT2D eigenvalue weighted by molar-refractivity contribution is -0.136. The van der Waals surface area contributed by atoms with Gasteiger partial charge in [0.2, 0.25) is 11.7 Å². The van der Waals surface area contributed by atoms with Crippen LogP contribution in [-0.2, 0) is 9.53 Å². The van der Waals surface area contributed by atoms with E-state index in [0.717, 1.165) is 12.8 Å². The molecule has 1 aromatic rings. The summed E-state index contributed by atoms with van der Waals surface area (Å²) in [5.74, 6) is 0.416. The highest BCUT2D eigenvalue weighted by Gasteiger charge is 2.57. The number of nitrogens with zero attached hydrogens (tertiary/aromatic N) is 4. The highest BCUT2D eigenvalue weighted by atomic mass is 16.6. The van der Waals surface area contributed by atoms with E-state index < -0.39 is 5.60 Å². The highest BCUT2D eigenvalue weighted by Crippen LogP contribution is 2.41. The predicted octanol–water partition coefficient (Wildman–Crippen LogP) is 0.722. The summed E-state index contributed by atoms with van der Waals surface area (Å²) in [6.07, 6.45) is 5.54. The van der Waals surface area contributed by atoms with E-state index in [1.165, 1.54) is 12.6 Å². The largest absolute Gasteiger partial charge is 0.440 e. The molecule has 9 heteroatoms. The standard InChI is InChI=1S/C18H22N4O5/c23-15(12-1-2-12)20-5-3-18(4-6-20)14-10-21(7-8-22(14)17(25)27-18)16(24)13-9-19-11-26-13/h9,11-12,14H,1-8,10H2. The van der Waals surface area contributed by atoms with Crippen molar-refractivity contribution in [3.8, 4) is 0 Å². The smallest absolute Gasteiger partial charge is 0.410 e. The number of carbonyl (C=O) groups is 3. The third kappa shape index (κ3) is 2.67. The molecule has 1 aliphatic carbocycles. The van der Waals surface area contributed by atoms with E-state index in [-0.39, 0.29) is 35.6 Å². The number of piperazine rings is 1. The predicted molar refractivity (Wildman–Crippen MR) is 90.7 cm³/mol. The normalized spacial score (nSPS) is 26.9. The van der Waals surface area contributed by atoms with Crippen LogP contribution < -0.4 is 0 Å². The third-order valence-electron chi connectivity index (χ3n) is 6.29. The van der Waals surface area contributed by atoms with E-state index in [1.54, 1.807) is 9.80 Å². The van der Waals surface area contributed by atoms with Crippen LogP contribution in [0.5, 0.6) is 0 Å². The molecule has 1 spiro atoms. The Hall–Kier alpha value is -2.58. The van der Waals surface area contributed by atoms with Gasteiger partial charge in [0.25, 0.3) is 5.91 Å². The molecule has 1 aromatic heterocycles. The second-order valence-corrected chi connectivity index (χ2v) is 7.86. The van der Waals surface area contributed by atoms with Gasteiger partial charge in [0.15, 0.2) is 6.39 Å². The molecule has 0 radical (unpaired) electrons. The lowest BCUT2D eigenvalue weighted by Gasteiger charge is -2.45. The number of rotatable bonds is 2. The number of aromatic nitrogens is 1. The molecular weight excluding hydrogens is 352 g/mol. The molecule has 27 heavy (non-hydrogen) atoms. The van der Waals surface area contributed by atoms with Crippen molar-refractivity contribution >= 4 is 17.9 Å². The van der Waals surface area contributed by atoms with Gasteiger partial charge < -0.3 is 19.0 Å². The summed E-state index contributed by atoms with van der Waals surface area (Å²) in [7, 11) is 0. The van der Waals surface area contributed by atoms with Crippen LogP contribution in [0.2, 0.25) is 0 Å². The van der Waals surface area contributed by atoms with Gasteiger partial charge in [-0.2, -0.15) is 0 Å². The fourth-order valence-corrected chi connectivity index (χ4v) is 4.54. The van der Waals surface area contributed by atoms with E-state index >= 15 is 0 Å². The molecule has 4 fully saturated rings. The van der Waals surface area contributed by atoms with Gasteiger partial charge in [-0.25, -0.2) is 9.78 Å². The maximum atomic E-state index is 12.6. The SMILES string of the molecule is O=C(c1cnco1)N1CCN2C(=O)OC3(CCN(C(=O)C4CC4)CC3)C2C1. The summed E-state index contributed by atoms with van der Waals surface area (Å²) < 4.78 is 11.0. The molecule has 144 valence electrons. The maximum Gasteiger partial charge on any atom is 0.410 e. The molecule has 4 aliphatic rings. The van der Waals surface area contributed by atoms with Crippen LogP contribution in [0.4, 0.5) is 4.79 Å². The molecule has 5 rings (SSSR count). The molecule has 0 N–H and O–H groups in total. The van der Waals surface area contributed by atoms with Crippen LogP contribution in [0, 0.1) is 5.92 Å². The third-order valence-corrected chi connectivity index (χ3v) is 6.29. The number of oxazole rings is 1. The number of piperidine rings is 1. The Labute approximate surface area is 156 Å². The summed E-state index contributed by atoms with van der Waals surface area (Å²) >= 11 is 0. The Kier molecular flexibility index (Phi) is 3.66. The zero-order valence-electron chi connectivity index (χ0n) is 15.0. The average molecular weight is 374 g/mol. The van der Waals surface area contributed by atoms with Crippen molar-refractivity contribution in [3.05, 3.63) is 18.4 Å². The molecule has 1 unspecified atom stereocenters. The van der Waals surface area contributed by atoms with E-state index in [2.05, 4.69) is 4.98 Å². The van der Waals surface area contributed by atoms with Gasteiger partial charge in [-0.1, -0.05) is 0 Å². The Bertz CT molecular complexity index is 767. The van der Waals surface area contributed by atoms with Gasteiger partial charge in [0, 0.05) is 51.5 Å². The number of fused-ring (bicyclic) bond motifs is 2. The molecule has 0 bridgehead atoms. The lowest BCUT2D eigenvalue weighted by atomic mass is 9.83. The van der Waals surface area contributed by atoms with Crippen LogP contribution in [0.25, 0.3) is 0 Å². The molecular formula is C18H22N4O5. The van der Waals surface area contributed by atoms with Crippen molar-refractivity contribution in [1.82, 2.24) is 19.7 Å². The first-order chi connectivity index (χ1) is 13.1. The van der Waals surface area contributed by atoms with Crippen molar-refractivity contribution in [3.63, 3.8) is 0 Å². The van der Waals surface area contributed by atoms with E-state index in [1.807, 2.05) is 4.90 Å². The van der Waals surface area contributed by atoms with Gasteiger partial charge in [-0.05, 0) is 12.8 Å². The molecule has 4 heterocycles. The number of hydrogen-bond acceptors (Lipinski definition) is 6. The zero-order valence-corrected chi connectivity index (χ0v) is 15.0. The molecule has 1 saturated carbocycles. The Morgan fingerprint density at radius 1 is 1.11 bits per heavy atom. The molecule has 3 saturated heterocycles. The Morgan fingerprint density at radius 3 is 2.56 bits per heavy atom. The minimum Gasteiger partial charge on any atom is -0.440 e. The number of likely N-dealkylation sites (tertiary alicyclic amines) is 1. The minimum atomic E-state index is -0.627. The molecule has 3 amide bonds. The van der Waals surface area contributed by atoms with Crippen LogP contribution in [-0.4, -0.2) is 82.0 Å². The fourth-order valence-electron chi connectivity index (χ4n) is 4.54. The summed E-state index contributed by atoms with van der Waals surface area (Å²) in [5.41, 5.74) is -0.627. The van der Waals surface area contributed by atoms with Gasteiger partial charge in [-0.15, -0.1) is 0 Å². The van der Waals surface area contributed by atoms with Crippen molar-refractivity contribution in [2.24, 2.45) is 5.92 Å². The number of carbonyl (C=O) groups excluding carboxylic acids is 3. The van der Waals surface area contributed by atoms with Crippen molar-refractivity contribution < 1.29 is 23.5 Å². The second-order valence-electron chi connectivity index (χ2n) is 7.86. The van der Waals surface area contributed by atoms with E-state index in [0.29, 0.717) is 45.6 Å². The Morgan fingerprint density at radius 2 is 1.89 bits per heavy atom. The van der Waals surface area contributed by atoms with Crippen LogP contribution >= 0.6 is 0 Å². The quantitative estimate of drug-likeness (QED) is 0.757. The molecule has 9 nitrogen and oxygen atoms in total. The van der Waals surface area contributed by atoms with Crippen molar-refractivity contribution in [2.75, 3.05) is 32.7 Å². The highest BCUT2D eigenvalue weighted by molar-refractivity contribution is 5.91. The van der Waals surface area contributed by atoms with Crippen LogP contribution in [0.3, 0.4) is 0 Å². The first-order valence-corrected chi connectivity index (χ1v) is 9.53. The van der Waals surface area contributed by atoms with Crippen molar-refractivity contribution in [2.45, 2.75) is 37.3 Å². The molecule has 0 aromatic carbocycles. The summed E-state index contributed by atoms with van der Waals surface area (Å²) in [6.45, 7) is 2.48. The van der Waals surface area contributed by atoms with Gasteiger partial charge in [-0.3, -0.25) is 14.5 Å². The zero-order chi connectivity index (χ0) is 18.6. The first-order valence-electron chi connectivity index (χ1n) is 9.53. The number of amides is 3. The fraction of sp³-hybridized carbons (Fsp3) is 0.667. The molecule has 3 aliphatic heterocycles.